The molecular formula is C9H18O. The molecule has 0 spiro atoms. The van der Waals surface area contributed by atoms with Crippen LogP contribution in [0.25, 0.3) is 0 Å². The molecule has 0 aromatic carbocycles. The molecule has 1 atom stereocenters. The maximum Gasteiger partial charge on any atom is 0.0461 e. The minimum Gasteiger partial charge on any atom is -0.396 e. The van der Waals surface area contributed by atoms with Gasteiger partial charge in [-0.1, -0.05) is 26.7 Å². The Balaban J connectivity index is 2.49. The van der Waals surface area contributed by atoms with E-state index in [1.165, 1.54) is 25.7 Å². The summed E-state index contributed by atoms with van der Waals surface area (Å²) in [5, 5.41) is 8.96. The van der Waals surface area contributed by atoms with Crippen molar-refractivity contribution in [2.75, 3.05) is 6.61 Å². The van der Waals surface area contributed by atoms with Gasteiger partial charge in [-0.3, -0.25) is 0 Å². The van der Waals surface area contributed by atoms with Crippen LogP contribution in [0.5, 0.6) is 0 Å². The molecule has 1 saturated carbocycles. The zero-order chi connectivity index (χ0) is 7.61. The molecular weight excluding hydrogens is 124 g/mol. The van der Waals surface area contributed by atoms with Crippen LogP contribution >= 0.6 is 0 Å². The lowest BCUT2D eigenvalue weighted by molar-refractivity contribution is 0.121. The molecule has 0 heterocycles. The zero-order valence-electron chi connectivity index (χ0n) is 7.06. The monoisotopic (exact) mass is 142 g/mol. The van der Waals surface area contributed by atoms with E-state index >= 15 is 0 Å². The van der Waals surface area contributed by atoms with Crippen molar-refractivity contribution in [3.05, 3.63) is 0 Å². The topological polar surface area (TPSA) is 20.2 Å². The van der Waals surface area contributed by atoms with Crippen LogP contribution in [0.2, 0.25) is 0 Å². The van der Waals surface area contributed by atoms with E-state index in [0.717, 1.165) is 0 Å². The average Bonchev–Trinajstić information content (AvgIpc) is 2.36. The molecule has 1 heteroatoms. The van der Waals surface area contributed by atoms with Crippen molar-refractivity contribution in [3.8, 4) is 0 Å². The Bertz CT molecular complexity index is 103. The molecule has 0 saturated heterocycles. The van der Waals surface area contributed by atoms with Gasteiger partial charge in [-0.15, -0.1) is 0 Å². The minimum absolute atomic E-state index is 0.358. The molecule has 1 rings (SSSR count). The lowest BCUT2D eigenvalue weighted by Crippen LogP contribution is -2.24. The summed E-state index contributed by atoms with van der Waals surface area (Å²) in [6.45, 7) is 4.82. The van der Waals surface area contributed by atoms with Gasteiger partial charge in [-0.05, 0) is 24.2 Å². The highest BCUT2D eigenvalue weighted by molar-refractivity contribution is 4.84. The van der Waals surface area contributed by atoms with E-state index in [2.05, 4.69) is 13.8 Å². The van der Waals surface area contributed by atoms with Gasteiger partial charge in [0, 0.05) is 6.61 Å². The highest BCUT2D eigenvalue weighted by Gasteiger charge is 2.33. The van der Waals surface area contributed by atoms with E-state index in [4.69, 9.17) is 5.11 Å². The predicted molar refractivity (Wildman–Crippen MR) is 42.8 cm³/mol. The number of rotatable bonds is 2. The van der Waals surface area contributed by atoms with Crippen LogP contribution in [-0.4, -0.2) is 11.7 Å². The van der Waals surface area contributed by atoms with Crippen molar-refractivity contribution < 1.29 is 5.11 Å². The summed E-state index contributed by atoms with van der Waals surface area (Å²) in [4.78, 5) is 0. The summed E-state index contributed by atoms with van der Waals surface area (Å²) in [6.07, 6.45) is 5.35. The van der Waals surface area contributed by atoms with Gasteiger partial charge in [0.05, 0.1) is 0 Å². The second-order valence-corrected chi connectivity index (χ2v) is 3.94. The highest BCUT2D eigenvalue weighted by Crippen LogP contribution is 2.43. The highest BCUT2D eigenvalue weighted by atomic mass is 16.3. The van der Waals surface area contributed by atoms with Gasteiger partial charge < -0.3 is 5.11 Å². The first-order valence-electron chi connectivity index (χ1n) is 4.30. The largest absolute Gasteiger partial charge is 0.396 e. The third kappa shape index (κ3) is 1.34. The molecule has 0 unspecified atom stereocenters. The van der Waals surface area contributed by atoms with Gasteiger partial charge in [-0.25, -0.2) is 0 Å². The normalized spacial score (nSPS) is 26.7. The molecule has 0 aromatic rings. The first-order chi connectivity index (χ1) is 4.69. The van der Waals surface area contributed by atoms with Crippen molar-refractivity contribution in [2.45, 2.75) is 39.5 Å². The Morgan fingerprint density at radius 1 is 1.40 bits per heavy atom. The molecule has 0 aliphatic heterocycles. The Kier molecular flexibility index (Phi) is 2.35. The fourth-order valence-corrected chi connectivity index (χ4v) is 1.90. The van der Waals surface area contributed by atoms with Crippen molar-refractivity contribution >= 4 is 0 Å². The van der Waals surface area contributed by atoms with Crippen molar-refractivity contribution in [1.82, 2.24) is 0 Å². The van der Waals surface area contributed by atoms with Crippen molar-refractivity contribution in [2.24, 2.45) is 11.3 Å². The number of hydrogen-bond donors (Lipinski definition) is 1. The molecule has 60 valence electrons. The number of hydrogen-bond acceptors (Lipinski definition) is 1. The summed E-state index contributed by atoms with van der Waals surface area (Å²) in [5.41, 5.74) is 0.453. The van der Waals surface area contributed by atoms with E-state index in [1.54, 1.807) is 0 Å². The van der Waals surface area contributed by atoms with Gasteiger partial charge in [0.1, 0.15) is 0 Å². The van der Waals surface area contributed by atoms with Crippen LogP contribution in [-0.2, 0) is 0 Å². The van der Waals surface area contributed by atoms with E-state index in [1.807, 2.05) is 0 Å². The summed E-state index contributed by atoms with van der Waals surface area (Å²) < 4.78 is 0. The summed E-state index contributed by atoms with van der Waals surface area (Å²) in [5.74, 6) is 0.495. The molecule has 1 aliphatic rings. The van der Waals surface area contributed by atoms with Gasteiger partial charge in [0.2, 0.25) is 0 Å². The fraction of sp³-hybridized carbons (Fsp3) is 1.00. The van der Waals surface area contributed by atoms with E-state index in [0.29, 0.717) is 17.9 Å². The molecule has 0 aromatic heterocycles. The molecule has 0 bridgehead atoms. The molecule has 0 amide bonds. The van der Waals surface area contributed by atoms with Crippen LogP contribution in [0.3, 0.4) is 0 Å². The summed E-state index contributed by atoms with van der Waals surface area (Å²) >= 11 is 0. The zero-order valence-corrected chi connectivity index (χ0v) is 7.06. The lowest BCUT2D eigenvalue weighted by Gasteiger charge is -2.29. The Labute approximate surface area is 63.4 Å². The predicted octanol–water partition coefficient (Wildman–Crippen LogP) is 2.20. The molecule has 1 aliphatic carbocycles. The maximum atomic E-state index is 8.96. The van der Waals surface area contributed by atoms with Crippen LogP contribution < -0.4 is 0 Å². The van der Waals surface area contributed by atoms with Crippen LogP contribution in [0.15, 0.2) is 0 Å². The minimum atomic E-state index is 0.358. The lowest BCUT2D eigenvalue weighted by atomic mass is 9.77. The van der Waals surface area contributed by atoms with E-state index in [9.17, 15) is 0 Å². The summed E-state index contributed by atoms with van der Waals surface area (Å²) in [6, 6.07) is 0. The fourth-order valence-electron chi connectivity index (χ4n) is 1.90. The smallest absolute Gasteiger partial charge is 0.0461 e. The Morgan fingerprint density at radius 3 is 2.30 bits per heavy atom. The summed E-state index contributed by atoms with van der Waals surface area (Å²) in [7, 11) is 0. The van der Waals surface area contributed by atoms with Crippen LogP contribution in [0.1, 0.15) is 39.5 Å². The average molecular weight is 142 g/mol. The SMILES string of the molecule is C[C@H](CO)C1(C)CCCC1. The molecule has 1 fully saturated rings. The number of aliphatic hydroxyl groups excluding tert-OH is 1. The van der Waals surface area contributed by atoms with E-state index < -0.39 is 0 Å². The second-order valence-electron chi connectivity index (χ2n) is 3.94. The molecule has 1 nitrogen and oxygen atoms in total. The van der Waals surface area contributed by atoms with Gasteiger partial charge in [-0.2, -0.15) is 0 Å². The molecule has 0 radical (unpaired) electrons. The van der Waals surface area contributed by atoms with Crippen molar-refractivity contribution in [3.63, 3.8) is 0 Å². The Morgan fingerprint density at radius 2 is 1.90 bits per heavy atom. The molecule has 1 N–H and O–H groups in total. The van der Waals surface area contributed by atoms with Gasteiger partial charge in [0.15, 0.2) is 0 Å². The third-order valence-corrected chi connectivity index (χ3v) is 3.21. The van der Waals surface area contributed by atoms with Crippen LogP contribution in [0, 0.1) is 11.3 Å². The van der Waals surface area contributed by atoms with Gasteiger partial charge >= 0.3 is 0 Å². The second kappa shape index (κ2) is 2.91. The third-order valence-electron chi connectivity index (χ3n) is 3.21. The maximum absolute atomic E-state index is 8.96. The first kappa shape index (κ1) is 8.06. The molecule has 10 heavy (non-hydrogen) atoms. The van der Waals surface area contributed by atoms with E-state index in [-0.39, 0.29) is 0 Å². The standard InChI is InChI=1S/C9H18O/c1-8(7-10)9(2)5-3-4-6-9/h8,10H,3-7H2,1-2H3/t8-/m1/s1. The quantitative estimate of drug-likeness (QED) is 0.626. The Hall–Kier alpha value is -0.0400. The first-order valence-corrected chi connectivity index (χ1v) is 4.30. The van der Waals surface area contributed by atoms with Crippen molar-refractivity contribution in [1.29, 1.82) is 0 Å². The number of aliphatic hydroxyl groups is 1. The van der Waals surface area contributed by atoms with Crippen LogP contribution in [0.4, 0.5) is 0 Å². The van der Waals surface area contributed by atoms with Gasteiger partial charge in [0.25, 0.3) is 0 Å².